The van der Waals surface area contributed by atoms with E-state index in [9.17, 15) is 4.79 Å². The van der Waals surface area contributed by atoms with Crippen LogP contribution < -0.4 is 11.2 Å². The summed E-state index contributed by atoms with van der Waals surface area (Å²) in [4.78, 5) is 10.4. The minimum Gasteiger partial charge on any atom is -0.350 e. The summed E-state index contributed by atoms with van der Waals surface area (Å²) in [6, 6.07) is 5.29. The minimum absolute atomic E-state index is 0.660. The molecule has 0 heterocycles. The first-order valence-electron chi connectivity index (χ1n) is 4.26. The molecule has 0 saturated carbocycles. The van der Waals surface area contributed by atoms with E-state index < -0.39 is 6.03 Å². The number of amides is 2. The number of hydrogen-bond donors (Lipinski definition) is 2. The Kier molecular flexibility index (Phi) is 3.23. The average Bonchev–Trinajstić information content (AvgIpc) is 2.09. The van der Waals surface area contributed by atoms with Crippen molar-refractivity contribution in [2.45, 2.75) is 13.8 Å². The van der Waals surface area contributed by atoms with Gasteiger partial charge in [-0.05, 0) is 25.0 Å². The molecule has 0 radical (unpaired) electrons. The van der Waals surface area contributed by atoms with E-state index in [-0.39, 0.29) is 0 Å². The van der Waals surface area contributed by atoms with Gasteiger partial charge in [0.15, 0.2) is 0 Å². The van der Waals surface area contributed by atoms with Crippen molar-refractivity contribution in [3.05, 3.63) is 34.9 Å². The van der Waals surface area contributed by atoms with Crippen LogP contribution in [0.5, 0.6) is 0 Å². The van der Waals surface area contributed by atoms with Crippen molar-refractivity contribution in [3.8, 4) is 0 Å². The second-order valence-electron chi connectivity index (χ2n) is 3.04. The van der Waals surface area contributed by atoms with Crippen LogP contribution in [0.1, 0.15) is 16.7 Å². The van der Waals surface area contributed by atoms with E-state index in [4.69, 9.17) is 5.73 Å². The normalized spacial score (nSPS) is 10.4. The molecule has 3 N–H and O–H groups in total. The molecule has 0 saturated heterocycles. The Hall–Kier alpha value is -1.84. The van der Waals surface area contributed by atoms with E-state index in [1.807, 2.05) is 32.0 Å². The highest BCUT2D eigenvalue weighted by Crippen LogP contribution is 2.09. The summed E-state index contributed by atoms with van der Waals surface area (Å²) in [5.41, 5.74) is 10.2. The lowest BCUT2D eigenvalue weighted by Gasteiger charge is -2.02. The van der Waals surface area contributed by atoms with Crippen molar-refractivity contribution in [1.82, 2.24) is 5.43 Å². The van der Waals surface area contributed by atoms with Crippen LogP contribution in [0.2, 0.25) is 0 Å². The van der Waals surface area contributed by atoms with E-state index in [0.717, 1.165) is 16.7 Å². The zero-order chi connectivity index (χ0) is 10.6. The predicted octanol–water partition coefficient (Wildman–Crippen LogP) is 1.31. The van der Waals surface area contributed by atoms with Crippen LogP contribution in [-0.4, -0.2) is 12.2 Å². The van der Waals surface area contributed by atoms with Gasteiger partial charge in [0.25, 0.3) is 0 Å². The number of carbonyl (C=O) groups excluding carboxylic acids is 1. The van der Waals surface area contributed by atoms with Gasteiger partial charge in [-0.25, -0.2) is 10.2 Å². The molecule has 0 aliphatic carbocycles. The standard InChI is InChI=1S/C10H13N3O/c1-7-4-3-5-8(2)9(7)6-12-13-10(11)14/h3-6H,1-2H3,(H3,11,13,14). The third-order valence-electron chi connectivity index (χ3n) is 1.91. The first-order chi connectivity index (χ1) is 6.61. The quantitative estimate of drug-likeness (QED) is 0.537. The largest absolute Gasteiger partial charge is 0.350 e. The second kappa shape index (κ2) is 4.41. The van der Waals surface area contributed by atoms with Gasteiger partial charge in [-0.2, -0.15) is 5.10 Å². The molecule has 0 fully saturated rings. The van der Waals surface area contributed by atoms with Crippen LogP contribution in [0.25, 0.3) is 0 Å². The van der Waals surface area contributed by atoms with Gasteiger partial charge in [-0.15, -0.1) is 0 Å². The molecule has 74 valence electrons. The number of nitrogens with zero attached hydrogens (tertiary/aromatic N) is 1. The number of rotatable bonds is 2. The summed E-state index contributed by atoms with van der Waals surface area (Å²) >= 11 is 0. The Balaban J connectivity index is 2.85. The lowest BCUT2D eigenvalue weighted by molar-refractivity contribution is 0.249. The molecule has 0 aliphatic rings. The Morgan fingerprint density at radius 3 is 2.50 bits per heavy atom. The Morgan fingerprint density at radius 1 is 1.43 bits per heavy atom. The Labute approximate surface area is 82.8 Å². The maximum atomic E-state index is 10.4. The SMILES string of the molecule is Cc1cccc(C)c1C=NNC(N)=O. The number of benzene rings is 1. The molecule has 2 amide bonds. The molecule has 0 aliphatic heterocycles. The fourth-order valence-electron chi connectivity index (χ4n) is 1.19. The van der Waals surface area contributed by atoms with Crippen LogP contribution in [-0.2, 0) is 0 Å². The Morgan fingerprint density at radius 2 is 2.00 bits per heavy atom. The monoisotopic (exact) mass is 191 g/mol. The maximum Gasteiger partial charge on any atom is 0.332 e. The molecule has 1 rings (SSSR count). The smallest absolute Gasteiger partial charge is 0.332 e. The summed E-state index contributed by atoms with van der Waals surface area (Å²) in [6.45, 7) is 3.97. The topological polar surface area (TPSA) is 67.5 Å². The summed E-state index contributed by atoms with van der Waals surface area (Å²) in [5, 5.41) is 3.71. The van der Waals surface area contributed by atoms with Gasteiger partial charge in [-0.3, -0.25) is 0 Å². The van der Waals surface area contributed by atoms with E-state index in [0.29, 0.717) is 0 Å². The van der Waals surface area contributed by atoms with Crippen LogP contribution in [0.15, 0.2) is 23.3 Å². The zero-order valence-electron chi connectivity index (χ0n) is 8.24. The molecule has 14 heavy (non-hydrogen) atoms. The lowest BCUT2D eigenvalue weighted by atomic mass is 10.0. The van der Waals surface area contributed by atoms with E-state index in [1.165, 1.54) is 0 Å². The number of carbonyl (C=O) groups is 1. The second-order valence-corrected chi connectivity index (χ2v) is 3.04. The van der Waals surface area contributed by atoms with Crippen molar-refractivity contribution < 1.29 is 4.79 Å². The Bertz CT molecular complexity index is 351. The van der Waals surface area contributed by atoms with E-state index >= 15 is 0 Å². The third kappa shape index (κ3) is 2.58. The molecule has 4 nitrogen and oxygen atoms in total. The number of nitrogens with two attached hydrogens (primary N) is 1. The first-order valence-corrected chi connectivity index (χ1v) is 4.26. The number of nitrogens with one attached hydrogen (secondary N) is 1. The maximum absolute atomic E-state index is 10.4. The molecule has 0 bridgehead atoms. The fourth-order valence-corrected chi connectivity index (χ4v) is 1.19. The van der Waals surface area contributed by atoms with Gasteiger partial charge in [0.05, 0.1) is 6.21 Å². The van der Waals surface area contributed by atoms with Gasteiger partial charge in [-0.1, -0.05) is 18.2 Å². The van der Waals surface area contributed by atoms with E-state index in [2.05, 4.69) is 10.5 Å². The van der Waals surface area contributed by atoms with Crippen molar-refractivity contribution in [2.24, 2.45) is 10.8 Å². The van der Waals surface area contributed by atoms with Gasteiger partial charge < -0.3 is 5.73 Å². The van der Waals surface area contributed by atoms with E-state index in [1.54, 1.807) is 6.21 Å². The molecule has 0 spiro atoms. The molecule has 0 atom stereocenters. The molecule has 1 aromatic carbocycles. The lowest BCUT2D eigenvalue weighted by Crippen LogP contribution is -2.24. The molecule has 4 heteroatoms. The molecule has 1 aromatic rings. The molecular formula is C10H13N3O. The van der Waals surface area contributed by atoms with Gasteiger partial charge >= 0.3 is 6.03 Å². The summed E-state index contributed by atoms with van der Waals surface area (Å²) in [6.07, 6.45) is 1.59. The summed E-state index contributed by atoms with van der Waals surface area (Å²) in [7, 11) is 0. The summed E-state index contributed by atoms with van der Waals surface area (Å²) < 4.78 is 0. The first kappa shape index (κ1) is 10.2. The average molecular weight is 191 g/mol. The fraction of sp³-hybridized carbons (Fsp3) is 0.200. The minimum atomic E-state index is -0.660. The third-order valence-corrected chi connectivity index (χ3v) is 1.91. The number of aryl methyl sites for hydroxylation is 2. The molecular weight excluding hydrogens is 178 g/mol. The summed E-state index contributed by atoms with van der Waals surface area (Å²) in [5.74, 6) is 0. The highest BCUT2D eigenvalue weighted by atomic mass is 16.2. The number of primary amides is 1. The van der Waals surface area contributed by atoms with Crippen LogP contribution in [0, 0.1) is 13.8 Å². The number of hydrogen-bond acceptors (Lipinski definition) is 2. The molecule has 0 aromatic heterocycles. The highest BCUT2D eigenvalue weighted by molar-refractivity contribution is 5.84. The predicted molar refractivity (Wildman–Crippen MR) is 56.2 cm³/mol. The zero-order valence-corrected chi connectivity index (χ0v) is 8.24. The van der Waals surface area contributed by atoms with Gasteiger partial charge in [0.2, 0.25) is 0 Å². The molecule has 0 unspecified atom stereocenters. The van der Waals surface area contributed by atoms with Crippen molar-refractivity contribution >= 4 is 12.2 Å². The highest BCUT2D eigenvalue weighted by Gasteiger charge is 1.97. The van der Waals surface area contributed by atoms with Crippen molar-refractivity contribution in [2.75, 3.05) is 0 Å². The van der Waals surface area contributed by atoms with Gasteiger partial charge in [0.1, 0.15) is 0 Å². The van der Waals surface area contributed by atoms with Crippen LogP contribution in [0.4, 0.5) is 4.79 Å². The van der Waals surface area contributed by atoms with Crippen molar-refractivity contribution in [3.63, 3.8) is 0 Å². The van der Waals surface area contributed by atoms with Crippen LogP contribution >= 0.6 is 0 Å². The van der Waals surface area contributed by atoms with Crippen molar-refractivity contribution in [1.29, 1.82) is 0 Å². The van der Waals surface area contributed by atoms with Gasteiger partial charge in [0, 0.05) is 5.56 Å². The van der Waals surface area contributed by atoms with Crippen LogP contribution in [0.3, 0.4) is 0 Å². The number of urea groups is 1. The number of hydrazone groups is 1.